The molecule has 158 valence electrons. The van der Waals surface area contributed by atoms with E-state index in [1.165, 1.54) is 0 Å². The van der Waals surface area contributed by atoms with E-state index >= 15 is 0 Å². The van der Waals surface area contributed by atoms with Gasteiger partial charge in [0.1, 0.15) is 23.7 Å². The third-order valence-corrected chi connectivity index (χ3v) is 4.15. The molecule has 0 atom stereocenters. The van der Waals surface area contributed by atoms with Gasteiger partial charge in [-0.05, 0) is 74.2 Å². The molecule has 0 fully saturated rings. The summed E-state index contributed by atoms with van der Waals surface area (Å²) in [6.45, 7) is 0.902. The molecular weight excluding hydrogens is 386 g/mol. The zero-order valence-corrected chi connectivity index (χ0v) is 17.0. The van der Waals surface area contributed by atoms with E-state index in [1.807, 2.05) is 0 Å². The predicted molar refractivity (Wildman–Crippen MR) is 110 cm³/mol. The van der Waals surface area contributed by atoms with Gasteiger partial charge in [-0.2, -0.15) is 5.26 Å². The van der Waals surface area contributed by atoms with Crippen molar-refractivity contribution in [2.75, 3.05) is 20.3 Å². The number of nitrogens with zero attached hydrogens (tertiary/aromatic N) is 1. The van der Waals surface area contributed by atoms with Crippen LogP contribution < -0.4 is 14.2 Å². The number of carbonyl (C=O) groups excluding carboxylic acids is 2. The number of carbonyl (C=O) groups is 2. The van der Waals surface area contributed by atoms with Crippen LogP contribution in [-0.2, 0) is 9.53 Å². The van der Waals surface area contributed by atoms with Crippen LogP contribution in [0.3, 0.4) is 0 Å². The summed E-state index contributed by atoms with van der Waals surface area (Å²) >= 11 is 0. The Kier molecular flexibility index (Phi) is 9.74. The number of unbranched alkanes of at least 4 members (excludes halogenated alkanes) is 3. The van der Waals surface area contributed by atoms with Crippen LogP contribution in [0.1, 0.15) is 42.5 Å². The van der Waals surface area contributed by atoms with Gasteiger partial charge >= 0.3 is 11.9 Å². The SMILES string of the molecule is COc1ccc(OC(=O)c2ccc(OCCCCCCOC(=O)CC#N)cc2)cc1. The number of hydrogen-bond acceptors (Lipinski definition) is 7. The number of methoxy groups -OCH3 is 1. The van der Waals surface area contributed by atoms with E-state index in [0.717, 1.165) is 25.7 Å². The lowest BCUT2D eigenvalue weighted by Crippen LogP contribution is -2.08. The van der Waals surface area contributed by atoms with E-state index < -0.39 is 11.9 Å². The molecule has 0 amide bonds. The molecule has 0 saturated heterocycles. The number of rotatable bonds is 12. The molecule has 7 nitrogen and oxygen atoms in total. The molecule has 0 heterocycles. The number of nitriles is 1. The maximum absolute atomic E-state index is 12.2. The molecule has 0 radical (unpaired) electrons. The summed E-state index contributed by atoms with van der Waals surface area (Å²) in [5.74, 6) is 0.900. The van der Waals surface area contributed by atoms with Crippen molar-refractivity contribution < 1.29 is 28.5 Å². The second-order valence-electron chi connectivity index (χ2n) is 6.41. The van der Waals surface area contributed by atoms with Crippen molar-refractivity contribution in [2.24, 2.45) is 0 Å². The average molecular weight is 411 g/mol. The van der Waals surface area contributed by atoms with Crippen molar-refractivity contribution in [3.05, 3.63) is 54.1 Å². The van der Waals surface area contributed by atoms with Gasteiger partial charge in [-0.3, -0.25) is 4.79 Å². The molecule has 0 spiro atoms. The van der Waals surface area contributed by atoms with Gasteiger partial charge in [-0.25, -0.2) is 4.79 Å². The number of ether oxygens (including phenoxy) is 4. The molecule has 2 aromatic rings. The molecule has 0 unspecified atom stereocenters. The van der Waals surface area contributed by atoms with Gasteiger partial charge in [-0.1, -0.05) is 0 Å². The van der Waals surface area contributed by atoms with Crippen molar-refractivity contribution in [3.8, 4) is 23.3 Å². The van der Waals surface area contributed by atoms with Crippen molar-refractivity contribution in [1.82, 2.24) is 0 Å². The molecule has 30 heavy (non-hydrogen) atoms. The summed E-state index contributed by atoms with van der Waals surface area (Å²) < 4.78 is 21.0. The summed E-state index contributed by atoms with van der Waals surface area (Å²) in [6.07, 6.45) is 3.29. The Bertz CT molecular complexity index is 839. The Balaban J connectivity index is 1.62. The maximum Gasteiger partial charge on any atom is 0.343 e. The van der Waals surface area contributed by atoms with Gasteiger partial charge in [-0.15, -0.1) is 0 Å². The van der Waals surface area contributed by atoms with Gasteiger partial charge in [0.15, 0.2) is 0 Å². The summed E-state index contributed by atoms with van der Waals surface area (Å²) in [7, 11) is 1.57. The van der Waals surface area contributed by atoms with Gasteiger partial charge in [0.25, 0.3) is 0 Å². The Morgan fingerprint density at radius 1 is 0.833 bits per heavy atom. The van der Waals surface area contributed by atoms with Crippen LogP contribution >= 0.6 is 0 Å². The quantitative estimate of drug-likeness (QED) is 0.292. The smallest absolute Gasteiger partial charge is 0.343 e. The van der Waals surface area contributed by atoms with Crippen LogP contribution in [0.15, 0.2) is 48.5 Å². The second kappa shape index (κ2) is 12.8. The minimum absolute atomic E-state index is 0.203. The maximum atomic E-state index is 12.2. The average Bonchev–Trinajstić information content (AvgIpc) is 2.76. The predicted octanol–water partition coefficient (Wildman–Crippen LogP) is 4.31. The van der Waals surface area contributed by atoms with Crippen LogP contribution in [0.25, 0.3) is 0 Å². The van der Waals surface area contributed by atoms with Crippen LogP contribution in [0.2, 0.25) is 0 Å². The lowest BCUT2D eigenvalue weighted by molar-refractivity contribution is -0.142. The van der Waals surface area contributed by atoms with Crippen molar-refractivity contribution in [3.63, 3.8) is 0 Å². The van der Waals surface area contributed by atoms with Crippen molar-refractivity contribution in [2.45, 2.75) is 32.1 Å². The van der Waals surface area contributed by atoms with Gasteiger partial charge in [0, 0.05) is 0 Å². The lowest BCUT2D eigenvalue weighted by atomic mass is 10.2. The number of esters is 2. The van der Waals surface area contributed by atoms with E-state index in [2.05, 4.69) is 0 Å². The summed E-state index contributed by atoms with van der Waals surface area (Å²) in [4.78, 5) is 23.2. The van der Waals surface area contributed by atoms with Gasteiger partial charge in [0.2, 0.25) is 0 Å². The molecule has 0 aliphatic carbocycles. The highest BCUT2D eigenvalue weighted by Gasteiger charge is 2.09. The first-order valence-corrected chi connectivity index (χ1v) is 9.74. The molecule has 0 aromatic heterocycles. The second-order valence-corrected chi connectivity index (χ2v) is 6.41. The topological polar surface area (TPSA) is 94.8 Å². The first-order chi connectivity index (χ1) is 14.6. The third-order valence-electron chi connectivity index (χ3n) is 4.15. The Labute approximate surface area is 176 Å². The largest absolute Gasteiger partial charge is 0.497 e. The highest BCUT2D eigenvalue weighted by Crippen LogP contribution is 2.19. The Morgan fingerprint density at radius 2 is 1.43 bits per heavy atom. The molecule has 0 N–H and O–H groups in total. The van der Waals surface area contributed by atoms with Crippen molar-refractivity contribution in [1.29, 1.82) is 5.26 Å². The minimum atomic E-state index is -0.475. The monoisotopic (exact) mass is 411 g/mol. The highest BCUT2D eigenvalue weighted by atomic mass is 16.5. The van der Waals surface area contributed by atoms with E-state index in [1.54, 1.807) is 61.7 Å². The highest BCUT2D eigenvalue weighted by molar-refractivity contribution is 5.91. The number of benzene rings is 2. The molecule has 2 aromatic carbocycles. The fourth-order valence-electron chi connectivity index (χ4n) is 2.55. The molecule has 0 aliphatic heterocycles. The van der Waals surface area contributed by atoms with E-state index in [4.69, 9.17) is 24.2 Å². The zero-order chi connectivity index (χ0) is 21.6. The molecule has 0 saturated carbocycles. The van der Waals surface area contributed by atoms with Crippen LogP contribution in [-0.4, -0.2) is 32.3 Å². The van der Waals surface area contributed by atoms with E-state index in [9.17, 15) is 9.59 Å². The van der Waals surface area contributed by atoms with Crippen LogP contribution in [0.5, 0.6) is 17.2 Å². The van der Waals surface area contributed by atoms with Crippen molar-refractivity contribution >= 4 is 11.9 Å². The third kappa shape index (κ3) is 8.23. The zero-order valence-electron chi connectivity index (χ0n) is 17.0. The molecule has 7 heteroatoms. The first kappa shape index (κ1) is 22.8. The van der Waals surface area contributed by atoms with E-state index in [0.29, 0.717) is 36.0 Å². The number of hydrogen-bond donors (Lipinski definition) is 0. The van der Waals surface area contributed by atoms with Crippen LogP contribution in [0, 0.1) is 11.3 Å². The lowest BCUT2D eigenvalue weighted by Gasteiger charge is -2.08. The first-order valence-electron chi connectivity index (χ1n) is 9.74. The standard InChI is InChI=1S/C23H25NO6/c1-27-19-10-12-21(13-11-19)30-23(26)18-6-8-20(9-7-18)28-16-4-2-3-5-17-29-22(25)14-15-24/h6-13H,2-5,14,16-17H2,1H3. The Hall–Kier alpha value is -3.53. The summed E-state index contributed by atoms with van der Waals surface area (Å²) in [5.41, 5.74) is 0.434. The van der Waals surface area contributed by atoms with Gasteiger partial charge < -0.3 is 18.9 Å². The molecule has 2 rings (SSSR count). The fraction of sp³-hybridized carbons (Fsp3) is 0.348. The van der Waals surface area contributed by atoms with Crippen LogP contribution in [0.4, 0.5) is 0 Å². The van der Waals surface area contributed by atoms with Gasteiger partial charge in [0.05, 0.1) is 32.0 Å². The summed E-state index contributed by atoms with van der Waals surface area (Å²) in [5, 5.41) is 8.36. The molecular formula is C23H25NO6. The minimum Gasteiger partial charge on any atom is -0.497 e. The Morgan fingerprint density at radius 3 is 2.07 bits per heavy atom. The van der Waals surface area contributed by atoms with E-state index in [-0.39, 0.29) is 6.42 Å². The summed E-state index contributed by atoms with van der Waals surface area (Å²) in [6, 6.07) is 15.3. The fourth-order valence-corrected chi connectivity index (χ4v) is 2.55. The molecule has 0 aliphatic rings. The normalized spacial score (nSPS) is 10.0. The molecule has 0 bridgehead atoms.